The molecule has 1 N–H and O–H groups in total. The highest BCUT2D eigenvalue weighted by atomic mass is 16.5. The van der Waals surface area contributed by atoms with E-state index < -0.39 is 5.41 Å². The summed E-state index contributed by atoms with van der Waals surface area (Å²) in [5.74, 6) is 0.324. The molecule has 3 nitrogen and oxygen atoms in total. The molecule has 2 atom stereocenters. The van der Waals surface area contributed by atoms with Gasteiger partial charge in [0.1, 0.15) is 5.78 Å². The Kier molecular flexibility index (Phi) is 15.6. The number of hydrogen-bond acceptors (Lipinski definition) is 3. The molecule has 2 unspecified atom stereocenters. The van der Waals surface area contributed by atoms with Crippen LogP contribution in [0, 0.1) is 16.7 Å². The molecular weight excluding hydrogens is 466 g/mol. The second-order valence-electron chi connectivity index (χ2n) is 11.9. The van der Waals surface area contributed by atoms with Gasteiger partial charge in [-0.15, -0.1) is 0 Å². The molecule has 0 bridgehead atoms. The molecule has 0 fully saturated rings. The predicted octanol–water partition coefficient (Wildman–Crippen LogP) is 9.45. The normalized spacial score (nSPS) is 17.6. The fourth-order valence-corrected chi connectivity index (χ4v) is 5.45. The number of carbonyl (C=O) groups excluding carboxylic acids is 1. The van der Waals surface area contributed by atoms with Gasteiger partial charge in [0.15, 0.2) is 0 Å². The number of ether oxygens (including phenoxy) is 1. The standard InChI is InChI=1S/C35H57NO2/c1-10-18-28(3)19-15-16-23-35(8,33(37)30(5)27-31(11-2)36-9)24-26-38-25-17-22-34(6,7)32-21-14-12-13-20-29(32)4/h11,13-15,18-21,30,36H,10,12,16-17,22-27H2,1-9H3/b19-15-,28-18-,31-11-. The SMILES string of the molecule is C/C=C(/CC(C)C(=O)C(C)(CC/C=C\C(C)=C/CC)CCOCCCC(C)(C)C1=C(C)C=CCC=C1)NC. The Labute approximate surface area is 235 Å². The van der Waals surface area contributed by atoms with Crippen molar-refractivity contribution in [2.75, 3.05) is 20.3 Å². The van der Waals surface area contributed by atoms with Crippen LogP contribution in [-0.2, 0) is 9.53 Å². The van der Waals surface area contributed by atoms with Gasteiger partial charge in [0.25, 0.3) is 0 Å². The second kappa shape index (κ2) is 17.5. The number of allylic oxidation sites excluding steroid dienone is 12. The van der Waals surface area contributed by atoms with E-state index in [0.29, 0.717) is 12.4 Å². The van der Waals surface area contributed by atoms with Crippen molar-refractivity contribution in [2.45, 2.75) is 107 Å². The molecule has 0 radical (unpaired) electrons. The van der Waals surface area contributed by atoms with Crippen LogP contribution < -0.4 is 5.32 Å². The molecule has 0 heterocycles. The maximum atomic E-state index is 13.7. The first-order chi connectivity index (χ1) is 18.0. The predicted molar refractivity (Wildman–Crippen MR) is 166 cm³/mol. The minimum absolute atomic E-state index is 0.0247. The fraction of sp³-hybridized carbons (Fsp3) is 0.629. The van der Waals surface area contributed by atoms with Crippen molar-refractivity contribution in [3.63, 3.8) is 0 Å². The summed E-state index contributed by atoms with van der Waals surface area (Å²) < 4.78 is 6.14. The summed E-state index contributed by atoms with van der Waals surface area (Å²) in [6.45, 7) is 18.8. The van der Waals surface area contributed by atoms with Crippen molar-refractivity contribution in [3.05, 3.63) is 71.0 Å². The molecule has 38 heavy (non-hydrogen) atoms. The Bertz CT molecular complexity index is 912. The number of ketones is 1. The van der Waals surface area contributed by atoms with E-state index in [2.05, 4.69) is 102 Å². The summed E-state index contributed by atoms with van der Waals surface area (Å²) in [5.41, 5.74) is 4.93. The lowest BCUT2D eigenvalue weighted by atomic mass is 9.73. The van der Waals surface area contributed by atoms with E-state index in [-0.39, 0.29) is 11.3 Å². The minimum atomic E-state index is -0.391. The molecule has 214 valence electrons. The third-order valence-electron chi connectivity index (χ3n) is 7.97. The van der Waals surface area contributed by atoms with E-state index in [1.165, 1.54) is 16.7 Å². The summed E-state index contributed by atoms with van der Waals surface area (Å²) in [6, 6.07) is 0. The van der Waals surface area contributed by atoms with Crippen LogP contribution in [0.25, 0.3) is 0 Å². The molecule has 0 amide bonds. The molecular formula is C35H57NO2. The molecule has 1 aliphatic carbocycles. The van der Waals surface area contributed by atoms with Crippen LogP contribution in [0.15, 0.2) is 71.0 Å². The molecule has 0 aromatic carbocycles. The van der Waals surface area contributed by atoms with Crippen LogP contribution in [0.5, 0.6) is 0 Å². The summed E-state index contributed by atoms with van der Waals surface area (Å²) in [6.07, 6.45) is 25.2. The average molecular weight is 524 g/mol. The van der Waals surface area contributed by atoms with Gasteiger partial charge in [-0.05, 0) is 88.7 Å². The zero-order valence-electron chi connectivity index (χ0n) is 26.1. The Morgan fingerprint density at radius 1 is 1.13 bits per heavy atom. The van der Waals surface area contributed by atoms with Crippen LogP contribution in [0.1, 0.15) is 107 Å². The fourth-order valence-electron chi connectivity index (χ4n) is 5.45. The first-order valence-electron chi connectivity index (χ1n) is 14.8. The lowest BCUT2D eigenvalue weighted by Crippen LogP contribution is -2.34. The van der Waals surface area contributed by atoms with Crippen molar-refractivity contribution in [1.82, 2.24) is 5.32 Å². The summed E-state index contributed by atoms with van der Waals surface area (Å²) in [7, 11) is 1.93. The van der Waals surface area contributed by atoms with Gasteiger partial charge in [0.05, 0.1) is 0 Å². The monoisotopic (exact) mass is 523 g/mol. The lowest BCUT2D eigenvalue weighted by molar-refractivity contribution is -0.133. The van der Waals surface area contributed by atoms with E-state index in [0.717, 1.165) is 63.7 Å². The quantitative estimate of drug-likeness (QED) is 0.144. The summed E-state index contributed by atoms with van der Waals surface area (Å²) >= 11 is 0. The highest BCUT2D eigenvalue weighted by molar-refractivity contribution is 5.86. The first-order valence-corrected chi connectivity index (χ1v) is 14.8. The minimum Gasteiger partial charge on any atom is -0.392 e. The smallest absolute Gasteiger partial charge is 0.142 e. The highest BCUT2D eigenvalue weighted by Crippen LogP contribution is 2.37. The number of rotatable bonds is 18. The van der Waals surface area contributed by atoms with Crippen molar-refractivity contribution in [1.29, 1.82) is 0 Å². The molecule has 0 aromatic heterocycles. The first kappa shape index (κ1) is 33.9. The zero-order valence-corrected chi connectivity index (χ0v) is 26.1. The van der Waals surface area contributed by atoms with Gasteiger partial charge in [0, 0.05) is 37.3 Å². The number of nitrogens with one attached hydrogen (secondary N) is 1. The molecule has 0 saturated carbocycles. The molecule has 1 rings (SSSR count). The van der Waals surface area contributed by atoms with Crippen molar-refractivity contribution < 1.29 is 9.53 Å². The average Bonchev–Trinajstić information content (AvgIpc) is 3.11. The third-order valence-corrected chi connectivity index (χ3v) is 7.97. The maximum Gasteiger partial charge on any atom is 0.142 e. The Hall–Kier alpha value is -2.13. The van der Waals surface area contributed by atoms with Gasteiger partial charge in [0.2, 0.25) is 0 Å². The maximum absolute atomic E-state index is 13.7. The Morgan fingerprint density at radius 3 is 2.50 bits per heavy atom. The third kappa shape index (κ3) is 11.7. The largest absolute Gasteiger partial charge is 0.392 e. The van der Waals surface area contributed by atoms with E-state index in [1.807, 2.05) is 14.0 Å². The van der Waals surface area contributed by atoms with Gasteiger partial charge in [-0.1, -0.05) is 88.8 Å². The highest BCUT2D eigenvalue weighted by Gasteiger charge is 2.35. The Balaban J connectivity index is 2.74. The van der Waals surface area contributed by atoms with E-state index >= 15 is 0 Å². The van der Waals surface area contributed by atoms with E-state index in [4.69, 9.17) is 4.74 Å². The van der Waals surface area contributed by atoms with Gasteiger partial charge in [-0.2, -0.15) is 0 Å². The van der Waals surface area contributed by atoms with Gasteiger partial charge in [-0.25, -0.2) is 0 Å². The number of Topliss-reactive ketones (excluding diaryl/α,β-unsaturated/α-hetero) is 1. The lowest BCUT2D eigenvalue weighted by Gasteiger charge is -2.31. The van der Waals surface area contributed by atoms with Gasteiger partial charge >= 0.3 is 0 Å². The number of hydrogen-bond donors (Lipinski definition) is 1. The molecule has 0 saturated heterocycles. The summed E-state index contributed by atoms with van der Waals surface area (Å²) in [4.78, 5) is 13.7. The zero-order chi connectivity index (χ0) is 28.6. The number of carbonyl (C=O) groups is 1. The van der Waals surface area contributed by atoms with Crippen molar-refractivity contribution in [2.24, 2.45) is 16.7 Å². The summed E-state index contributed by atoms with van der Waals surface area (Å²) in [5, 5.41) is 3.23. The van der Waals surface area contributed by atoms with Crippen molar-refractivity contribution in [3.8, 4) is 0 Å². The molecule has 0 aliphatic heterocycles. The van der Waals surface area contributed by atoms with Crippen LogP contribution in [0.4, 0.5) is 0 Å². The molecule has 0 aromatic rings. The second-order valence-corrected chi connectivity index (χ2v) is 11.9. The van der Waals surface area contributed by atoms with Crippen molar-refractivity contribution >= 4 is 5.78 Å². The Morgan fingerprint density at radius 2 is 1.84 bits per heavy atom. The van der Waals surface area contributed by atoms with Crippen LogP contribution in [-0.4, -0.2) is 26.0 Å². The molecule has 3 heteroatoms. The van der Waals surface area contributed by atoms with Gasteiger partial charge < -0.3 is 10.1 Å². The van der Waals surface area contributed by atoms with E-state index in [1.54, 1.807) is 0 Å². The van der Waals surface area contributed by atoms with Crippen LogP contribution >= 0.6 is 0 Å². The van der Waals surface area contributed by atoms with Crippen LogP contribution in [0.2, 0.25) is 0 Å². The van der Waals surface area contributed by atoms with E-state index in [9.17, 15) is 4.79 Å². The molecule has 1 aliphatic rings. The van der Waals surface area contributed by atoms with Gasteiger partial charge in [-0.3, -0.25) is 4.79 Å². The molecule has 0 spiro atoms. The van der Waals surface area contributed by atoms with Crippen LogP contribution in [0.3, 0.4) is 0 Å². The topological polar surface area (TPSA) is 38.3 Å².